The summed E-state index contributed by atoms with van der Waals surface area (Å²) in [5, 5.41) is 36.8. The molecule has 1 fully saturated rings. The maximum atomic E-state index is 12.6. The van der Waals surface area contributed by atoms with Crippen LogP contribution in [0.2, 0.25) is 0 Å². The van der Waals surface area contributed by atoms with Gasteiger partial charge in [-0.3, -0.25) is 4.79 Å². The van der Waals surface area contributed by atoms with E-state index in [1.165, 1.54) is 45.4 Å². The number of hydrogen-bond donors (Lipinski definition) is 6. The number of alkyl carbamates (subject to hydrolysis) is 1. The highest BCUT2D eigenvalue weighted by molar-refractivity contribution is 5.80. The second-order valence-corrected chi connectivity index (χ2v) is 10.3. The second kappa shape index (κ2) is 17.6. The number of aliphatic hydroxyl groups is 2. The molecule has 38 heavy (non-hydrogen) atoms. The molecule has 7 atom stereocenters. The predicted molar refractivity (Wildman–Crippen MR) is 143 cm³/mol. The van der Waals surface area contributed by atoms with Crippen LogP contribution in [0.25, 0.3) is 0 Å². The van der Waals surface area contributed by atoms with Crippen molar-refractivity contribution in [3.8, 4) is 0 Å². The summed E-state index contributed by atoms with van der Waals surface area (Å²) in [5.41, 5.74) is 4.05. The molecule has 0 bridgehead atoms. The van der Waals surface area contributed by atoms with Gasteiger partial charge in [0.05, 0.1) is 12.2 Å². The first-order valence-electron chi connectivity index (χ1n) is 14.3. The molecule has 1 saturated heterocycles. The molecule has 11 heteroatoms. The number of carboxylic acids is 1. The van der Waals surface area contributed by atoms with Gasteiger partial charge in [-0.25, -0.2) is 9.59 Å². The molecule has 0 radical (unpaired) electrons. The van der Waals surface area contributed by atoms with E-state index in [0.29, 0.717) is 6.54 Å². The van der Waals surface area contributed by atoms with Gasteiger partial charge in [-0.15, -0.1) is 0 Å². The topological polar surface area (TPSA) is 180 Å². The fourth-order valence-corrected chi connectivity index (χ4v) is 5.22. The zero-order valence-electron chi connectivity index (χ0n) is 23.6. The Labute approximate surface area is 227 Å². The smallest absolute Gasteiger partial charge is 0.409 e. The van der Waals surface area contributed by atoms with Crippen molar-refractivity contribution in [2.24, 2.45) is 11.7 Å². The van der Waals surface area contributed by atoms with Crippen molar-refractivity contribution in [3.05, 3.63) is 0 Å². The lowest BCUT2D eigenvalue weighted by Crippen LogP contribution is -2.76. The van der Waals surface area contributed by atoms with Gasteiger partial charge in [0.1, 0.15) is 6.04 Å². The first kappa shape index (κ1) is 34.1. The molecule has 1 aliphatic heterocycles. The van der Waals surface area contributed by atoms with Crippen LogP contribution in [0.4, 0.5) is 4.79 Å². The van der Waals surface area contributed by atoms with Gasteiger partial charge in [-0.2, -0.15) is 0 Å². The zero-order chi connectivity index (χ0) is 28.7. The quantitative estimate of drug-likeness (QED) is 0.141. The van der Waals surface area contributed by atoms with Crippen LogP contribution in [0.1, 0.15) is 105 Å². The van der Waals surface area contributed by atoms with Gasteiger partial charge in [0, 0.05) is 25.4 Å². The molecule has 1 heterocycles. The van der Waals surface area contributed by atoms with Crippen molar-refractivity contribution in [2.45, 2.75) is 141 Å². The number of ether oxygens (including phenoxy) is 2. The molecule has 1 rings (SSSR count). The molecular weight excluding hydrogens is 494 g/mol. The van der Waals surface area contributed by atoms with Crippen molar-refractivity contribution in [3.63, 3.8) is 0 Å². The van der Waals surface area contributed by atoms with Crippen LogP contribution in [0.3, 0.4) is 0 Å². The number of amides is 2. The summed E-state index contributed by atoms with van der Waals surface area (Å²) in [6.45, 7) is 7.00. The summed E-state index contributed by atoms with van der Waals surface area (Å²) >= 11 is 0. The molecule has 222 valence electrons. The molecule has 11 nitrogen and oxygen atoms in total. The van der Waals surface area contributed by atoms with E-state index in [0.717, 1.165) is 25.7 Å². The third kappa shape index (κ3) is 9.66. The Balaban J connectivity index is 2.80. The highest BCUT2D eigenvalue weighted by Crippen LogP contribution is 2.41. The van der Waals surface area contributed by atoms with E-state index in [2.05, 4.69) is 17.6 Å². The average Bonchev–Trinajstić information content (AvgIpc) is 2.87. The summed E-state index contributed by atoms with van der Waals surface area (Å²) in [6, 6.07) is -2.34. The molecule has 2 amide bonds. The lowest BCUT2D eigenvalue weighted by atomic mass is 9.69. The Bertz CT molecular complexity index is 724. The Hall–Kier alpha value is -1.95. The van der Waals surface area contributed by atoms with E-state index in [1.807, 2.05) is 0 Å². The van der Waals surface area contributed by atoms with Crippen LogP contribution in [0.15, 0.2) is 0 Å². The minimum absolute atomic E-state index is 0.0194. The van der Waals surface area contributed by atoms with Crippen LogP contribution in [0.5, 0.6) is 0 Å². The Morgan fingerprint density at radius 2 is 1.50 bits per heavy atom. The molecule has 4 unspecified atom stereocenters. The molecule has 0 aromatic carbocycles. The number of rotatable bonds is 18. The third-order valence-electron chi connectivity index (χ3n) is 7.37. The predicted octanol–water partition coefficient (Wildman–Crippen LogP) is 2.80. The SMILES string of the molecule is CCCCCCCCCCCCNC(=O)O[C@H]1OC(C(=O)O)(C(O)CC)C(C(O)CC)[C@H](N)[C@H]1NC(C)=O. The van der Waals surface area contributed by atoms with Crippen LogP contribution in [0, 0.1) is 5.92 Å². The van der Waals surface area contributed by atoms with Crippen molar-refractivity contribution in [1.29, 1.82) is 0 Å². The largest absolute Gasteiger partial charge is 0.479 e. The maximum Gasteiger partial charge on any atom is 0.409 e. The Morgan fingerprint density at radius 1 is 0.947 bits per heavy atom. The normalized spacial score (nSPS) is 26.8. The minimum atomic E-state index is -2.35. The summed E-state index contributed by atoms with van der Waals surface area (Å²) in [7, 11) is 0. The second-order valence-electron chi connectivity index (χ2n) is 10.3. The molecule has 0 saturated carbocycles. The number of carboxylic acid groups (broad SMARTS) is 1. The molecule has 0 aromatic heterocycles. The van der Waals surface area contributed by atoms with Gasteiger partial charge in [-0.05, 0) is 19.3 Å². The number of unbranched alkanes of at least 4 members (excludes halogenated alkanes) is 9. The summed E-state index contributed by atoms with van der Waals surface area (Å²) in [5.74, 6) is -3.33. The van der Waals surface area contributed by atoms with Crippen molar-refractivity contribution < 1.29 is 39.2 Å². The summed E-state index contributed by atoms with van der Waals surface area (Å²) in [6.07, 6.45) is 6.37. The van der Waals surface area contributed by atoms with Crippen LogP contribution in [-0.2, 0) is 19.1 Å². The van der Waals surface area contributed by atoms with Gasteiger partial charge in [0.2, 0.25) is 17.8 Å². The van der Waals surface area contributed by atoms with Crippen LogP contribution in [-0.4, -0.2) is 76.0 Å². The highest BCUT2D eigenvalue weighted by atomic mass is 16.7. The molecule has 7 N–H and O–H groups in total. The van der Waals surface area contributed by atoms with E-state index in [-0.39, 0.29) is 12.8 Å². The maximum absolute atomic E-state index is 12.6. The molecule has 1 aliphatic rings. The average molecular weight is 546 g/mol. The van der Waals surface area contributed by atoms with E-state index in [9.17, 15) is 29.7 Å². The van der Waals surface area contributed by atoms with Gasteiger partial charge >= 0.3 is 12.1 Å². The van der Waals surface area contributed by atoms with E-state index in [4.69, 9.17) is 15.2 Å². The first-order chi connectivity index (χ1) is 18.1. The summed E-state index contributed by atoms with van der Waals surface area (Å²) < 4.78 is 11.2. The Kier molecular flexibility index (Phi) is 15.8. The highest BCUT2D eigenvalue weighted by Gasteiger charge is 2.64. The Morgan fingerprint density at radius 3 is 1.97 bits per heavy atom. The minimum Gasteiger partial charge on any atom is -0.479 e. The third-order valence-corrected chi connectivity index (χ3v) is 7.37. The number of nitrogens with one attached hydrogen (secondary N) is 2. The van der Waals surface area contributed by atoms with Crippen LogP contribution < -0.4 is 16.4 Å². The van der Waals surface area contributed by atoms with Gasteiger partial charge in [0.25, 0.3) is 0 Å². The van der Waals surface area contributed by atoms with E-state index in [1.54, 1.807) is 13.8 Å². The number of carbonyl (C=O) groups is 3. The molecule has 0 aliphatic carbocycles. The van der Waals surface area contributed by atoms with Gasteiger partial charge in [-0.1, -0.05) is 78.6 Å². The van der Waals surface area contributed by atoms with Crippen molar-refractivity contribution in [2.75, 3.05) is 6.54 Å². The standard InChI is InChI=1S/C27H51N3O8/c1-5-8-9-10-11-12-13-14-15-16-17-29-26(36)37-24-23(30-18(4)31)22(28)21(19(32)6-2)27(38-24,25(34)35)20(33)7-3/h19-24,32-33H,5-17,28H2,1-4H3,(H,29,36)(H,30,31)(H,34,35)/t19?,20?,21?,22-,23+,24-,27?/m0/s1. The molecule has 0 spiro atoms. The number of aliphatic hydroxyl groups excluding tert-OH is 2. The lowest BCUT2D eigenvalue weighted by molar-refractivity contribution is -0.288. The fourth-order valence-electron chi connectivity index (χ4n) is 5.22. The van der Waals surface area contributed by atoms with Crippen molar-refractivity contribution >= 4 is 18.0 Å². The first-order valence-corrected chi connectivity index (χ1v) is 14.3. The number of aliphatic carboxylic acids is 1. The number of nitrogens with two attached hydrogens (primary N) is 1. The van der Waals surface area contributed by atoms with E-state index < -0.39 is 60.1 Å². The van der Waals surface area contributed by atoms with Gasteiger partial charge in [0.15, 0.2) is 0 Å². The number of hydrogen-bond acceptors (Lipinski definition) is 8. The van der Waals surface area contributed by atoms with E-state index >= 15 is 0 Å². The zero-order valence-corrected chi connectivity index (χ0v) is 23.6. The molecular formula is C27H51N3O8. The van der Waals surface area contributed by atoms with Crippen molar-refractivity contribution in [1.82, 2.24) is 10.6 Å². The van der Waals surface area contributed by atoms with Gasteiger partial charge < -0.3 is 41.2 Å². The lowest BCUT2D eigenvalue weighted by Gasteiger charge is -2.52. The summed E-state index contributed by atoms with van der Waals surface area (Å²) in [4.78, 5) is 37.0. The number of carbonyl (C=O) groups excluding carboxylic acids is 2. The van der Waals surface area contributed by atoms with Crippen LogP contribution >= 0.6 is 0 Å². The fraction of sp³-hybridized carbons (Fsp3) is 0.889. The monoisotopic (exact) mass is 545 g/mol. The molecule has 0 aromatic rings.